The van der Waals surface area contributed by atoms with E-state index in [-0.39, 0.29) is 5.84 Å². The molecule has 0 aliphatic heterocycles. The van der Waals surface area contributed by atoms with Crippen LogP contribution in [0.3, 0.4) is 0 Å². The molecule has 0 aliphatic carbocycles. The third-order valence-corrected chi connectivity index (χ3v) is 3.64. The number of ether oxygens (including phenoxy) is 1. The van der Waals surface area contributed by atoms with Crippen LogP contribution in [-0.2, 0) is 17.8 Å². The van der Waals surface area contributed by atoms with Crippen LogP contribution in [-0.4, -0.2) is 17.6 Å². The van der Waals surface area contributed by atoms with Gasteiger partial charge in [-0.3, -0.25) is 0 Å². The van der Waals surface area contributed by atoms with E-state index in [2.05, 4.69) is 16.6 Å². The van der Waals surface area contributed by atoms with Gasteiger partial charge >= 0.3 is 0 Å². The van der Waals surface area contributed by atoms with E-state index in [9.17, 15) is 0 Å². The Morgan fingerprint density at radius 1 is 1.26 bits per heavy atom. The van der Waals surface area contributed by atoms with Crippen molar-refractivity contribution in [2.75, 3.05) is 6.61 Å². The molecule has 5 heteroatoms. The minimum absolute atomic E-state index is 0.116. The summed E-state index contributed by atoms with van der Waals surface area (Å²) in [7, 11) is 0. The lowest BCUT2D eigenvalue weighted by molar-refractivity contribution is 0.124. The predicted molar refractivity (Wildman–Crippen MR) is 76.6 cm³/mol. The Hall–Kier alpha value is -1.85. The summed E-state index contributed by atoms with van der Waals surface area (Å²) in [5, 5.41) is 13.6. The fourth-order valence-electron chi connectivity index (χ4n) is 1.65. The number of benzene rings is 1. The van der Waals surface area contributed by atoms with Gasteiger partial charge in [0.15, 0.2) is 5.84 Å². The average molecular weight is 276 g/mol. The highest BCUT2D eigenvalue weighted by Crippen LogP contribution is 2.10. The maximum atomic E-state index is 8.56. The summed E-state index contributed by atoms with van der Waals surface area (Å²) in [5.41, 5.74) is 7.26. The molecule has 0 fully saturated rings. The van der Waals surface area contributed by atoms with Crippen molar-refractivity contribution in [2.45, 2.75) is 13.0 Å². The second-order valence-electron chi connectivity index (χ2n) is 4.06. The van der Waals surface area contributed by atoms with Gasteiger partial charge in [-0.2, -0.15) is 0 Å². The Balaban J connectivity index is 1.77. The monoisotopic (exact) mass is 276 g/mol. The molecule has 0 saturated carbocycles. The van der Waals surface area contributed by atoms with Crippen molar-refractivity contribution < 1.29 is 9.94 Å². The molecule has 0 spiro atoms. The van der Waals surface area contributed by atoms with Crippen molar-refractivity contribution in [3.8, 4) is 0 Å². The number of amidine groups is 1. The van der Waals surface area contributed by atoms with Crippen molar-refractivity contribution in [1.29, 1.82) is 0 Å². The van der Waals surface area contributed by atoms with Crippen LogP contribution in [0.25, 0.3) is 0 Å². The lowest BCUT2D eigenvalue weighted by Crippen LogP contribution is -2.12. The van der Waals surface area contributed by atoms with Gasteiger partial charge in [0.25, 0.3) is 0 Å². The van der Waals surface area contributed by atoms with E-state index in [1.807, 2.05) is 30.3 Å². The molecule has 0 radical (unpaired) electrons. The standard InChI is InChI=1S/C14H16N2O2S/c15-14(16-17)12-5-3-11(4-6-12)10-18-8-7-13-2-1-9-19-13/h1-6,9,17H,7-8,10H2,(H2,15,16). The molecule has 0 saturated heterocycles. The zero-order chi connectivity index (χ0) is 13.5. The maximum absolute atomic E-state index is 8.56. The molecule has 0 amide bonds. The molecule has 0 atom stereocenters. The molecule has 1 aromatic carbocycles. The minimum Gasteiger partial charge on any atom is -0.409 e. The number of hydrogen-bond acceptors (Lipinski definition) is 4. The van der Waals surface area contributed by atoms with Gasteiger partial charge in [-0.25, -0.2) is 0 Å². The molecule has 1 aromatic heterocycles. The van der Waals surface area contributed by atoms with Gasteiger partial charge in [0.1, 0.15) is 0 Å². The first-order valence-electron chi connectivity index (χ1n) is 5.96. The van der Waals surface area contributed by atoms with Crippen molar-refractivity contribution >= 4 is 17.2 Å². The lowest BCUT2D eigenvalue weighted by Gasteiger charge is -2.05. The summed E-state index contributed by atoms with van der Waals surface area (Å²) in [4.78, 5) is 1.34. The first-order valence-corrected chi connectivity index (χ1v) is 6.84. The number of thiophene rings is 1. The third-order valence-electron chi connectivity index (χ3n) is 2.70. The van der Waals surface area contributed by atoms with E-state index in [1.54, 1.807) is 11.3 Å². The normalized spacial score (nSPS) is 11.7. The first kappa shape index (κ1) is 13.6. The molecular weight excluding hydrogens is 260 g/mol. The second-order valence-corrected chi connectivity index (χ2v) is 5.10. The van der Waals surface area contributed by atoms with Gasteiger partial charge in [0, 0.05) is 16.9 Å². The number of nitrogens with two attached hydrogens (primary N) is 1. The molecule has 2 aromatic rings. The van der Waals surface area contributed by atoms with Crippen LogP contribution in [0.1, 0.15) is 16.0 Å². The molecule has 0 unspecified atom stereocenters. The van der Waals surface area contributed by atoms with Crippen molar-refractivity contribution in [3.63, 3.8) is 0 Å². The first-order chi connectivity index (χ1) is 9.29. The SMILES string of the molecule is N/C(=N/O)c1ccc(COCCc2cccs2)cc1. The largest absolute Gasteiger partial charge is 0.409 e. The third kappa shape index (κ3) is 4.08. The molecule has 19 heavy (non-hydrogen) atoms. The second kappa shape index (κ2) is 6.92. The summed E-state index contributed by atoms with van der Waals surface area (Å²) < 4.78 is 5.62. The zero-order valence-corrected chi connectivity index (χ0v) is 11.3. The highest BCUT2D eigenvalue weighted by Gasteiger charge is 2.00. The van der Waals surface area contributed by atoms with Gasteiger partial charge in [-0.15, -0.1) is 11.3 Å². The van der Waals surface area contributed by atoms with Crippen LogP contribution in [0, 0.1) is 0 Å². The predicted octanol–water partition coefficient (Wildman–Crippen LogP) is 2.60. The number of oxime groups is 1. The number of rotatable bonds is 6. The quantitative estimate of drug-likeness (QED) is 0.280. The molecule has 0 aliphatic rings. The van der Waals surface area contributed by atoms with E-state index < -0.39 is 0 Å². The van der Waals surface area contributed by atoms with Gasteiger partial charge < -0.3 is 15.7 Å². The Bertz CT molecular complexity index is 521. The Labute approximate surface area is 116 Å². The fourth-order valence-corrected chi connectivity index (χ4v) is 2.34. The Kier molecular flexibility index (Phi) is 4.94. The van der Waals surface area contributed by atoms with Crippen molar-refractivity contribution in [1.82, 2.24) is 0 Å². The van der Waals surface area contributed by atoms with Crippen LogP contribution in [0.4, 0.5) is 0 Å². The molecule has 100 valence electrons. The van der Waals surface area contributed by atoms with E-state index >= 15 is 0 Å². The summed E-state index contributed by atoms with van der Waals surface area (Å²) in [6.07, 6.45) is 0.944. The van der Waals surface area contributed by atoms with Gasteiger partial charge in [0.05, 0.1) is 13.2 Å². The summed E-state index contributed by atoms with van der Waals surface area (Å²) in [5.74, 6) is 0.116. The Morgan fingerprint density at radius 2 is 2.05 bits per heavy atom. The minimum atomic E-state index is 0.116. The van der Waals surface area contributed by atoms with E-state index in [1.165, 1.54) is 4.88 Å². The Morgan fingerprint density at radius 3 is 2.68 bits per heavy atom. The number of nitrogens with zero attached hydrogens (tertiary/aromatic N) is 1. The van der Waals surface area contributed by atoms with Crippen LogP contribution >= 0.6 is 11.3 Å². The number of hydrogen-bond donors (Lipinski definition) is 2. The van der Waals surface area contributed by atoms with E-state index in [0.717, 1.165) is 12.0 Å². The van der Waals surface area contributed by atoms with Gasteiger partial charge in [-0.05, 0) is 17.0 Å². The van der Waals surface area contributed by atoms with E-state index in [4.69, 9.17) is 15.7 Å². The maximum Gasteiger partial charge on any atom is 0.170 e. The van der Waals surface area contributed by atoms with Crippen molar-refractivity contribution in [2.24, 2.45) is 10.9 Å². The van der Waals surface area contributed by atoms with Crippen LogP contribution in [0.5, 0.6) is 0 Å². The smallest absolute Gasteiger partial charge is 0.170 e. The van der Waals surface area contributed by atoms with Gasteiger partial charge in [0.2, 0.25) is 0 Å². The van der Waals surface area contributed by atoms with Crippen LogP contribution < -0.4 is 5.73 Å². The molecule has 3 N–H and O–H groups in total. The summed E-state index contributed by atoms with van der Waals surface area (Å²) >= 11 is 1.75. The average Bonchev–Trinajstić information content (AvgIpc) is 2.96. The molecule has 4 nitrogen and oxygen atoms in total. The molecule has 1 heterocycles. The highest BCUT2D eigenvalue weighted by molar-refractivity contribution is 7.09. The topological polar surface area (TPSA) is 67.8 Å². The molecule has 0 bridgehead atoms. The molecule has 2 rings (SSSR count). The van der Waals surface area contributed by atoms with Crippen molar-refractivity contribution in [3.05, 3.63) is 57.8 Å². The van der Waals surface area contributed by atoms with E-state index in [0.29, 0.717) is 18.8 Å². The van der Waals surface area contributed by atoms with Crippen LogP contribution in [0.2, 0.25) is 0 Å². The molecular formula is C14H16N2O2S. The fraction of sp³-hybridized carbons (Fsp3) is 0.214. The lowest BCUT2D eigenvalue weighted by atomic mass is 10.1. The summed E-state index contributed by atoms with van der Waals surface area (Å²) in [6, 6.07) is 11.6. The van der Waals surface area contributed by atoms with Crippen LogP contribution in [0.15, 0.2) is 46.9 Å². The zero-order valence-electron chi connectivity index (χ0n) is 10.5. The van der Waals surface area contributed by atoms with Gasteiger partial charge in [-0.1, -0.05) is 35.5 Å². The highest BCUT2D eigenvalue weighted by atomic mass is 32.1. The summed E-state index contributed by atoms with van der Waals surface area (Å²) in [6.45, 7) is 1.28.